The topological polar surface area (TPSA) is 97.3 Å². The van der Waals surface area contributed by atoms with E-state index >= 15 is 0 Å². The molecule has 28 heavy (non-hydrogen) atoms. The number of rotatable bonds is 6. The zero-order valence-electron chi connectivity index (χ0n) is 15.8. The van der Waals surface area contributed by atoms with Gasteiger partial charge in [-0.15, -0.1) is 0 Å². The predicted molar refractivity (Wildman–Crippen MR) is 106 cm³/mol. The van der Waals surface area contributed by atoms with E-state index in [1.165, 1.54) is 6.21 Å². The Balaban J connectivity index is 1.69. The van der Waals surface area contributed by atoms with E-state index in [0.29, 0.717) is 22.7 Å². The summed E-state index contributed by atoms with van der Waals surface area (Å²) in [5, 5.41) is 3.89. The van der Waals surface area contributed by atoms with Crippen LogP contribution in [0.15, 0.2) is 41.5 Å². The quantitative estimate of drug-likeness (QED) is 0.587. The first-order valence-corrected chi connectivity index (χ1v) is 10.3. The monoisotopic (exact) mass is 403 g/mol. The van der Waals surface area contributed by atoms with E-state index < -0.39 is 15.9 Å². The molecule has 8 nitrogen and oxygen atoms in total. The van der Waals surface area contributed by atoms with Gasteiger partial charge in [-0.2, -0.15) is 5.10 Å². The van der Waals surface area contributed by atoms with E-state index in [9.17, 15) is 13.2 Å². The molecule has 0 saturated heterocycles. The molecule has 1 aliphatic rings. The summed E-state index contributed by atoms with van der Waals surface area (Å²) >= 11 is 0. The third kappa shape index (κ3) is 4.80. The third-order valence-corrected chi connectivity index (χ3v) is 5.12. The maximum atomic E-state index is 12.2. The molecule has 0 radical (unpaired) electrons. The van der Waals surface area contributed by atoms with Crippen LogP contribution >= 0.6 is 0 Å². The van der Waals surface area contributed by atoms with Crippen LogP contribution in [0.1, 0.15) is 16.7 Å². The van der Waals surface area contributed by atoms with E-state index in [1.54, 1.807) is 30.3 Å². The molecule has 148 valence electrons. The summed E-state index contributed by atoms with van der Waals surface area (Å²) in [7, 11) is -3.64. The van der Waals surface area contributed by atoms with Gasteiger partial charge in [0.15, 0.2) is 11.5 Å². The predicted octanol–water partition coefficient (Wildman–Crippen LogP) is 1.95. The molecule has 0 spiro atoms. The molecule has 1 N–H and O–H groups in total. The molecule has 0 unspecified atom stereocenters. The van der Waals surface area contributed by atoms with E-state index in [-0.39, 0.29) is 13.3 Å². The Morgan fingerprint density at radius 2 is 1.82 bits per heavy atom. The van der Waals surface area contributed by atoms with E-state index in [2.05, 4.69) is 10.5 Å². The Morgan fingerprint density at radius 3 is 2.50 bits per heavy atom. The summed E-state index contributed by atoms with van der Waals surface area (Å²) in [6, 6.07) is 10.6. The van der Waals surface area contributed by atoms with Gasteiger partial charge in [0.2, 0.25) is 16.8 Å². The molecule has 9 heteroatoms. The molecule has 1 heterocycles. The van der Waals surface area contributed by atoms with E-state index in [1.807, 2.05) is 19.9 Å². The van der Waals surface area contributed by atoms with Gasteiger partial charge in [0.25, 0.3) is 5.91 Å². The summed E-state index contributed by atoms with van der Waals surface area (Å²) in [6.07, 6.45) is 2.51. The van der Waals surface area contributed by atoms with Crippen molar-refractivity contribution in [2.45, 2.75) is 13.8 Å². The lowest BCUT2D eigenvalue weighted by molar-refractivity contribution is -0.119. The SMILES string of the molecule is Cc1cc(C)cc(N(CC(=O)N/N=C\c2ccc3c(c2)OCO3)S(C)(=O)=O)c1. The van der Waals surface area contributed by atoms with Crippen LogP contribution < -0.4 is 19.2 Å². The van der Waals surface area contributed by atoms with Crippen LogP contribution in [0.25, 0.3) is 0 Å². The molecule has 0 atom stereocenters. The molecule has 0 bridgehead atoms. The van der Waals surface area contributed by atoms with Gasteiger partial charge in [-0.1, -0.05) is 6.07 Å². The van der Waals surface area contributed by atoms with Crippen molar-refractivity contribution >= 4 is 27.8 Å². The van der Waals surface area contributed by atoms with Crippen molar-refractivity contribution in [2.24, 2.45) is 5.10 Å². The number of nitrogens with one attached hydrogen (secondary N) is 1. The second kappa shape index (κ2) is 7.89. The summed E-state index contributed by atoms with van der Waals surface area (Å²) in [5.74, 6) is 0.702. The number of benzene rings is 2. The fraction of sp³-hybridized carbons (Fsp3) is 0.263. The van der Waals surface area contributed by atoms with Crippen molar-refractivity contribution in [3.05, 3.63) is 53.1 Å². The molecule has 3 rings (SSSR count). The Hall–Kier alpha value is -3.07. The fourth-order valence-corrected chi connectivity index (χ4v) is 3.67. The first-order chi connectivity index (χ1) is 13.2. The van der Waals surface area contributed by atoms with E-state index in [4.69, 9.17) is 9.47 Å². The fourth-order valence-electron chi connectivity index (χ4n) is 2.83. The maximum Gasteiger partial charge on any atom is 0.260 e. The summed E-state index contributed by atoms with van der Waals surface area (Å²) in [4.78, 5) is 12.2. The van der Waals surface area contributed by atoms with Crippen LogP contribution in [0.3, 0.4) is 0 Å². The first-order valence-electron chi connectivity index (χ1n) is 8.50. The van der Waals surface area contributed by atoms with Crippen LogP contribution in [0.2, 0.25) is 0 Å². The number of anilines is 1. The molecule has 0 aliphatic carbocycles. The number of hydrogen-bond acceptors (Lipinski definition) is 6. The molecule has 1 aliphatic heterocycles. The molecule has 0 saturated carbocycles. The van der Waals surface area contributed by atoms with E-state index in [0.717, 1.165) is 21.7 Å². The normalized spacial score (nSPS) is 13.0. The number of hydrogen-bond donors (Lipinski definition) is 1. The van der Waals surface area contributed by atoms with Gasteiger partial charge in [-0.25, -0.2) is 13.8 Å². The van der Waals surface area contributed by atoms with Gasteiger partial charge in [-0.05, 0) is 60.9 Å². The number of nitrogens with zero attached hydrogens (tertiary/aromatic N) is 2. The molecule has 2 aromatic carbocycles. The number of amides is 1. The minimum Gasteiger partial charge on any atom is -0.454 e. The van der Waals surface area contributed by atoms with Crippen molar-refractivity contribution in [3.63, 3.8) is 0 Å². The van der Waals surface area contributed by atoms with Gasteiger partial charge in [0, 0.05) is 0 Å². The highest BCUT2D eigenvalue weighted by Gasteiger charge is 2.21. The van der Waals surface area contributed by atoms with Gasteiger partial charge < -0.3 is 9.47 Å². The van der Waals surface area contributed by atoms with Gasteiger partial charge in [0.05, 0.1) is 18.2 Å². The number of sulfonamides is 1. The summed E-state index contributed by atoms with van der Waals surface area (Å²) in [6.45, 7) is 3.53. The number of aryl methyl sites for hydroxylation is 2. The zero-order chi connectivity index (χ0) is 20.3. The third-order valence-electron chi connectivity index (χ3n) is 3.98. The molecular weight excluding hydrogens is 382 g/mol. The number of carbonyl (C=O) groups is 1. The lowest BCUT2D eigenvalue weighted by atomic mass is 10.1. The Kier molecular flexibility index (Phi) is 5.55. The van der Waals surface area contributed by atoms with Crippen molar-refractivity contribution in [3.8, 4) is 11.5 Å². The lowest BCUT2D eigenvalue weighted by Gasteiger charge is -2.22. The first kappa shape index (κ1) is 19.7. The Labute approximate surface area is 163 Å². The number of ether oxygens (including phenoxy) is 2. The highest BCUT2D eigenvalue weighted by atomic mass is 32.2. The standard InChI is InChI=1S/C19H21N3O5S/c1-13-6-14(2)8-16(7-13)22(28(3,24)25)11-19(23)21-20-10-15-4-5-17-18(9-15)27-12-26-17/h4-10H,11-12H2,1-3H3,(H,21,23)/b20-10-. The maximum absolute atomic E-state index is 12.2. The van der Waals surface area contributed by atoms with Crippen LogP contribution in [-0.4, -0.2) is 40.1 Å². The molecular formula is C19H21N3O5S. The van der Waals surface area contributed by atoms with Crippen molar-refractivity contribution in [1.29, 1.82) is 0 Å². The van der Waals surface area contributed by atoms with Crippen LogP contribution in [0.4, 0.5) is 5.69 Å². The molecule has 1 amide bonds. The van der Waals surface area contributed by atoms with Crippen LogP contribution in [0, 0.1) is 13.8 Å². The van der Waals surface area contributed by atoms with Gasteiger partial charge in [-0.3, -0.25) is 9.10 Å². The number of hydrazone groups is 1. The minimum atomic E-state index is -3.64. The Bertz CT molecular complexity index is 1010. The number of fused-ring (bicyclic) bond motifs is 1. The second-order valence-corrected chi connectivity index (χ2v) is 8.43. The van der Waals surface area contributed by atoms with Gasteiger partial charge in [0.1, 0.15) is 6.54 Å². The zero-order valence-corrected chi connectivity index (χ0v) is 16.6. The van der Waals surface area contributed by atoms with Gasteiger partial charge >= 0.3 is 0 Å². The highest BCUT2D eigenvalue weighted by Crippen LogP contribution is 2.31. The second-order valence-electron chi connectivity index (χ2n) is 6.52. The number of carbonyl (C=O) groups excluding carboxylic acids is 1. The average molecular weight is 403 g/mol. The summed E-state index contributed by atoms with van der Waals surface area (Å²) < 4.78 is 35.9. The highest BCUT2D eigenvalue weighted by molar-refractivity contribution is 7.92. The van der Waals surface area contributed by atoms with Crippen molar-refractivity contribution in [1.82, 2.24) is 5.43 Å². The van der Waals surface area contributed by atoms with Crippen molar-refractivity contribution < 1.29 is 22.7 Å². The minimum absolute atomic E-state index is 0.173. The van der Waals surface area contributed by atoms with Crippen LogP contribution in [-0.2, 0) is 14.8 Å². The molecule has 0 aromatic heterocycles. The average Bonchev–Trinajstić information content (AvgIpc) is 3.05. The summed E-state index contributed by atoms with van der Waals surface area (Å²) in [5.41, 5.74) is 5.31. The lowest BCUT2D eigenvalue weighted by Crippen LogP contribution is -2.39. The van der Waals surface area contributed by atoms with Crippen molar-refractivity contribution in [2.75, 3.05) is 23.9 Å². The largest absolute Gasteiger partial charge is 0.454 e. The molecule has 2 aromatic rings. The van der Waals surface area contributed by atoms with Crippen LogP contribution in [0.5, 0.6) is 11.5 Å². The molecule has 0 fully saturated rings. The smallest absolute Gasteiger partial charge is 0.260 e. The Morgan fingerprint density at radius 1 is 1.14 bits per heavy atom.